The van der Waals surface area contributed by atoms with Crippen LogP contribution in [0.15, 0.2) is 30.5 Å². The second-order valence-electron chi connectivity index (χ2n) is 6.41. The maximum absolute atomic E-state index is 14.3. The third-order valence-electron chi connectivity index (χ3n) is 4.15. The highest BCUT2D eigenvalue weighted by Crippen LogP contribution is 2.40. The third kappa shape index (κ3) is 3.13. The molecular weight excluding hydrogens is 343 g/mol. The predicted molar refractivity (Wildman–Crippen MR) is 88.6 cm³/mol. The molecule has 0 bridgehead atoms. The van der Waals surface area contributed by atoms with Gasteiger partial charge in [0.05, 0.1) is 11.8 Å². The van der Waals surface area contributed by atoms with E-state index in [2.05, 4.69) is 10.3 Å². The van der Waals surface area contributed by atoms with Crippen LogP contribution in [0.25, 0.3) is 0 Å². The summed E-state index contributed by atoms with van der Waals surface area (Å²) in [6.45, 7) is 3.27. The molecule has 1 amide bonds. The molecule has 1 aromatic heterocycles. The number of carboxylic acids is 1. The summed E-state index contributed by atoms with van der Waals surface area (Å²) < 4.78 is 19.5. The van der Waals surface area contributed by atoms with Crippen molar-refractivity contribution in [2.45, 2.75) is 25.7 Å². The number of halogens is 1. The van der Waals surface area contributed by atoms with Crippen LogP contribution >= 0.6 is 0 Å². The Morgan fingerprint density at radius 1 is 1.31 bits per heavy atom. The number of anilines is 1. The number of hydrogen-bond donors (Lipinski definition) is 2. The molecule has 8 heteroatoms. The average Bonchev–Trinajstić information content (AvgIpc) is 2.78. The number of carbonyl (C=O) groups excluding carboxylic acids is 2. The minimum Gasteiger partial charge on any atom is -0.477 e. The van der Waals surface area contributed by atoms with Crippen molar-refractivity contribution in [1.82, 2.24) is 4.98 Å². The SMILES string of the molecule is CC1(C)C(=O)Oc2cc(CC(=O)Nc3ccnc(C(=O)O)c3)c(F)cc21. The number of benzene rings is 1. The van der Waals surface area contributed by atoms with E-state index in [1.807, 2.05) is 0 Å². The number of ether oxygens (including phenoxy) is 1. The zero-order chi connectivity index (χ0) is 19.1. The van der Waals surface area contributed by atoms with Crippen molar-refractivity contribution in [1.29, 1.82) is 0 Å². The molecule has 0 aliphatic carbocycles. The Morgan fingerprint density at radius 3 is 2.73 bits per heavy atom. The Kier molecular flexibility index (Phi) is 4.19. The van der Waals surface area contributed by atoms with Crippen molar-refractivity contribution in [3.63, 3.8) is 0 Å². The molecule has 0 saturated carbocycles. The first-order valence-electron chi connectivity index (χ1n) is 7.73. The number of esters is 1. The Bertz CT molecular complexity index is 939. The molecule has 1 aliphatic rings. The Labute approximate surface area is 147 Å². The summed E-state index contributed by atoms with van der Waals surface area (Å²) in [5.74, 6) is -2.64. The minimum absolute atomic E-state index is 0.0688. The number of rotatable bonds is 4. The summed E-state index contributed by atoms with van der Waals surface area (Å²) in [4.78, 5) is 38.5. The predicted octanol–water partition coefficient (Wildman–Crippen LogP) is 2.30. The molecule has 0 atom stereocenters. The monoisotopic (exact) mass is 358 g/mol. The minimum atomic E-state index is -1.23. The maximum Gasteiger partial charge on any atom is 0.354 e. The molecule has 1 aliphatic heterocycles. The molecule has 0 spiro atoms. The molecule has 26 heavy (non-hydrogen) atoms. The van der Waals surface area contributed by atoms with Crippen molar-refractivity contribution in [2.24, 2.45) is 0 Å². The zero-order valence-corrected chi connectivity index (χ0v) is 14.0. The number of aromatic carboxylic acids is 1. The lowest BCUT2D eigenvalue weighted by Gasteiger charge is -2.13. The first kappa shape index (κ1) is 17.5. The second-order valence-corrected chi connectivity index (χ2v) is 6.41. The van der Waals surface area contributed by atoms with E-state index in [1.54, 1.807) is 13.8 Å². The van der Waals surface area contributed by atoms with Gasteiger partial charge in [0.2, 0.25) is 5.91 Å². The third-order valence-corrected chi connectivity index (χ3v) is 4.15. The fourth-order valence-corrected chi connectivity index (χ4v) is 2.64. The number of nitrogens with zero attached hydrogens (tertiary/aromatic N) is 1. The normalized spacial score (nSPS) is 14.5. The Hall–Kier alpha value is -3.29. The molecule has 2 heterocycles. The van der Waals surface area contributed by atoms with E-state index in [1.165, 1.54) is 30.5 Å². The van der Waals surface area contributed by atoms with Crippen LogP contribution in [-0.4, -0.2) is 27.9 Å². The van der Waals surface area contributed by atoms with E-state index in [4.69, 9.17) is 9.84 Å². The number of aromatic nitrogens is 1. The van der Waals surface area contributed by atoms with E-state index >= 15 is 0 Å². The smallest absolute Gasteiger partial charge is 0.354 e. The first-order valence-corrected chi connectivity index (χ1v) is 7.73. The highest BCUT2D eigenvalue weighted by molar-refractivity contribution is 5.94. The fourth-order valence-electron chi connectivity index (χ4n) is 2.64. The van der Waals surface area contributed by atoms with Crippen LogP contribution in [0, 0.1) is 5.82 Å². The Balaban J connectivity index is 1.79. The van der Waals surface area contributed by atoms with E-state index in [9.17, 15) is 18.8 Å². The molecule has 7 nitrogen and oxygen atoms in total. The van der Waals surface area contributed by atoms with E-state index in [0.29, 0.717) is 5.56 Å². The van der Waals surface area contributed by atoms with Crippen molar-refractivity contribution >= 4 is 23.5 Å². The highest BCUT2D eigenvalue weighted by Gasteiger charge is 2.41. The maximum atomic E-state index is 14.3. The lowest BCUT2D eigenvalue weighted by molar-refractivity contribution is -0.137. The van der Waals surface area contributed by atoms with Crippen molar-refractivity contribution in [3.05, 3.63) is 53.1 Å². The van der Waals surface area contributed by atoms with Gasteiger partial charge in [-0.25, -0.2) is 14.2 Å². The van der Waals surface area contributed by atoms with Crippen LogP contribution < -0.4 is 10.1 Å². The lowest BCUT2D eigenvalue weighted by atomic mass is 9.85. The van der Waals surface area contributed by atoms with Gasteiger partial charge in [-0.05, 0) is 38.1 Å². The number of carboxylic acid groups (broad SMARTS) is 1. The van der Waals surface area contributed by atoms with Crippen LogP contribution in [0.3, 0.4) is 0 Å². The molecule has 0 fully saturated rings. The average molecular weight is 358 g/mol. The van der Waals surface area contributed by atoms with Gasteiger partial charge >= 0.3 is 11.9 Å². The molecule has 0 saturated heterocycles. The molecule has 134 valence electrons. The van der Waals surface area contributed by atoms with Crippen molar-refractivity contribution in [3.8, 4) is 5.75 Å². The topological polar surface area (TPSA) is 106 Å². The van der Waals surface area contributed by atoms with E-state index < -0.39 is 29.1 Å². The summed E-state index contributed by atoms with van der Waals surface area (Å²) in [5, 5.41) is 11.4. The Morgan fingerprint density at radius 2 is 2.04 bits per heavy atom. The van der Waals surface area contributed by atoms with Crippen molar-refractivity contribution in [2.75, 3.05) is 5.32 Å². The van der Waals surface area contributed by atoms with Gasteiger partial charge in [-0.1, -0.05) is 0 Å². The molecule has 2 N–H and O–H groups in total. The second kappa shape index (κ2) is 6.21. The summed E-state index contributed by atoms with van der Waals surface area (Å²) in [6.07, 6.45) is 0.943. The van der Waals surface area contributed by atoms with Crippen molar-refractivity contribution < 1.29 is 28.6 Å². The van der Waals surface area contributed by atoms with Crippen LogP contribution in [0.5, 0.6) is 5.75 Å². The number of fused-ring (bicyclic) bond motifs is 1. The summed E-state index contributed by atoms with van der Waals surface area (Å²) in [7, 11) is 0. The quantitative estimate of drug-likeness (QED) is 0.642. The molecular formula is C18H15FN2O5. The van der Waals surface area contributed by atoms with Gasteiger partial charge in [-0.2, -0.15) is 0 Å². The number of nitrogens with one attached hydrogen (secondary N) is 1. The van der Waals surface area contributed by atoms with E-state index in [-0.39, 0.29) is 29.1 Å². The standard InChI is InChI=1S/C18H15FN2O5/c1-18(2)11-8-12(19)9(5-14(11)26-17(18)25)6-15(22)21-10-3-4-20-13(7-10)16(23)24/h3-5,7-8H,6H2,1-2H3,(H,23,24)(H,20,21,22). The molecule has 3 rings (SSSR count). The van der Waals surface area contributed by atoms with Gasteiger partial charge in [-0.15, -0.1) is 0 Å². The molecule has 0 radical (unpaired) electrons. The van der Waals surface area contributed by atoms with Gasteiger partial charge in [0, 0.05) is 23.0 Å². The molecule has 2 aromatic rings. The van der Waals surface area contributed by atoms with Crippen LogP contribution in [0.1, 0.15) is 35.5 Å². The number of amides is 1. The van der Waals surface area contributed by atoms with Gasteiger partial charge < -0.3 is 15.2 Å². The van der Waals surface area contributed by atoms with Gasteiger partial charge in [0.25, 0.3) is 0 Å². The van der Waals surface area contributed by atoms with Gasteiger partial charge in [-0.3, -0.25) is 9.59 Å². The van der Waals surface area contributed by atoms with Crippen LogP contribution in [-0.2, 0) is 21.4 Å². The lowest BCUT2D eigenvalue weighted by Crippen LogP contribution is -2.25. The summed E-state index contributed by atoms with van der Waals surface area (Å²) in [6, 6.07) is 5.17. The fraction of sp³-hybridized carbons (Fsp3) is 0.222. The highest BCUT2D eigenvalue weighted by atomic mass is 19.1. The van der Waals surface area contributed by atoms with Crippen LogP contribution in [0.4, 0.5) is 10.1 Å². The van der Waals surface area contributed by atoms with Crippen LogP contribution in [0.2, 0.25) is 0 Å². The summed E-state index contributed by atoms with van der Waals surface area (Å²) in [5.41, 5.74) is -0.429. The largest absolute Gasteiger partial charge is 0.477 e. The number of carbonyl (C=O) groups is 3. The molecule has 0 unspecified atom stereocenters. The zero-order valence-electron chi connectivity index (χ0n) is 14.0. The number of pyridine rings is 1. The van der Waals surface area contributed by atoms with E-state index in [0.717, 1.165) is 0 Å². The number of hydrogen-bond acceptors (Lipinski definition) is 5. The summed E-state index contributed by atoms with van der Waals surface area (Å²) >= 11 is 0. The first-order chi connectivity index (χ1) is 12.2. The van der Waals surface area contributed by atoms with Gasteiger partial charge in [0.1, 0.15) is 17.3 Å². The molecule has 1 aromatic carbocycles. The van der Waals surface area contributed by atoms with Gasteiger partial charge in [0.15, 0.2) is 0 Å².